The normalized spacial score (nSPS) is 12.9. The van der Waals surface area contributed by atoms with Crippen LogP contribution in [0.1, 0.15) is 290 Å². The van der Waals surface area contributed by atoms with E-state index in [0.29, 0.717) is 19.3 Å². The van der Waals surface area contributed by atoms with Gasteiger partial charge in [-0.15, -0.1) is 0 Å². The van der Waals surface area contributed by atoms with Crippen LogP contribution in [0, 0.1) is 0 Å². The minimum atomic E-state index is -0.786. The van der Waals surface area contributed by atoms with Gasteiger partial charge in [0.1, 0.15) is 13.2 Å². The van der Waals surface area contributed by atoms with Crippen molar-refractivity contribution in [3.8, 4) is 0 Å². The third-order valence-electron chi connectivity index (χ3n) is 13.5. The lowest BCUT2D eigenvalue weighted by Gasteiger charge is -2.18. The Kier molecular flexibility index (Phi) is 60.8. The smallest absolute Gasteiger partial charge is 0.306 e. The molecule has 0 aliphatic rings. The second kappa shape index (κ2) is 64.3. The van der Waals surface area contributed by atoms with Crippen molar-refractivity contribution in [3.05, 3.63) is 122 Å². The average Bonchev–Trinajstić information content (AvgIpc) is 3.43. The van der Waals surface area contributed by atoms with E-state index in [1.165, 1.54) is 116 Å². The van der Waals surface area contributed by atoms with Gasteiger partial charge >= 0.3 is 17.9 Å². The van der Waals surface area contributed by atoms with Crippen molar-refractivity contribution in [2.45, 2.75) is 297 Å². The second-order valence-corrected chi connectivity index (χ2v) is 21.0. The van der Waals surface area contributed by atoms with E-state index in [-0.39, 0.29) is 31.1 Å². The van der Waals surface area contributed by atoms with Crippen molar-refractivity contribution < 1.29 is 28.6 Å². The summed E-state index contributed by atoms with van der Waals surface area (Å²) in [7, 11) is 0. The van der Waals surface area contributed by atoms with E-state index in [9.17, 15) is 14.4 Å². The van der Waals surface area contributed by atoms with Crippen LogP contribution in [0.4, 0.5) is 0 Å². The summed E-state index contributed by atoms with van der Waals surface area (Å²) in [5, 5.41) is 0. The molecule has 0 aliphatic heterocycles. The topological polar surface area (TPSA) is 78.9 Å². The predicted molar refractivity (Wildman–Crippen MR) is 334 cm³/mol. The van der Waals surface area contributed by atoms with Crippen LogP contribution in [-0.2, 0) is 28.6 Å². The summed E-state index contributed by atoms with van der Waals surface area (Å²) in [4.78, 5) is 38.1. The van der Waals surface area contributed by atoms with Crippen LogP contribution in [0.15, 0.2) is 122 Å². The summed E-state index contributed by atoms with van der Waals surface area (Å²) >= 11 is 0. The third-order valence-corrected chi connectivity index (χ3v) is 13.5. The standard InChI is InChI=1S/C71H118O6/c1-4-7-10-13-16-19-22-24-26-27-28-29-30-31-32-33-34-35-36-37-38-39-40-41-42-43-44-45-46-48-49-52-55-58-61-64-70(73)76-67-68(66-75-69(72)63-60-57-54-51-21-18-15-12-9-6-3)77-71(74)65-62-59-56-53-50-47-25-23-20-17-14-11-8-5-2/h7,10,16,19,24,26,28-29,31-32,34-35,37-38,40-41,43-44,46,48,68H,4-6,8-9,11-15,17-18,20-23,25,27,30,33,36,39,42,45,47,49-67H2,1-3H3/b10-7-,19-16-,26-24-,29-28-,32-31-,35-34-,38-37-,41-40-,44-43-,48-46-. The molecule has 0 saturated carbocycles. The highest BCUT2D eigenvalue weighted by Crippen LogP contribution is 2.16. The Morgan fingerprint density at radius 1 is 0.273 bits per heavy atom. The zero-order valence-electron chi connectivity index (χ0n) is 50.2. The summed E-state index contributed by atoms with van der Waals surface area (Å²) in [6, 6.07) is 0. The molecule has 0 aliphatic carbocycles. The highest BCUT2D eigenvalue weighted by Gasteiger charge is 2.19. The summed E-state index contributed by atoms with van der Waals surface area (Å²) in [5.74, 6) is -0.906. The molecule has 6 nitrogen and oxygen atoms in total. The lowest BCUT2D eigenvalue weighted by Crippen LogP contribution is -2.30. The van der Waals surface area contributed by atoms with Gasteiger partial charge in [0.15, 0.2) is 6.10 Å². The quantitative estimate of drug-likeness (QED) is 0.0261. The molecule has 438 valence electrons. The third kappa shape index (κ3) is 62.5. The fourth-order valence-electron chi connectivity index (χ4n) is 8.71. The maximum absolute atomic E-state index is 12.8. The van der Waals surface area contributed by atoms with E-state index in [1.807, 2.05) is 0 Å². The first kappa shape index (κ1) is 72.8. The van der Waals surface area contributed by atoms with E-state index in [1.54, 1.807) is 0 Å². The highest BCUT2D eigenvalue weighted by molar-refractivity contribution is 5.71. The first-order valence-electron chi connectivity index (χ1n) is 32.0. The molecule has 1 atom stereocenters. The van der Waals surface area contributed by atoms with Crippen molar-refractivity contribution in [1.29, 1.82) is 0 Å². The molecular weight excluding hydrogens is 949 g/mol. The van der Waals surface area contributed by atoms with Crippen LogP contribution in [-0.4, -0.2) is 37.2 Å². The maximum Gasteiger partial charge on any atom is 0.306 e. The molecule has 0 fully saturated rings. The minimum absolute atomic E-state index is 0.0835. The van der Waals surface area contributed by atoms with Gasteiger partial charge in [-0.3, -0.25) is 14.4 Å². The monoisotopic (exact) mass is 1070 g/mol. The molecule has 0 heterocycles. The van der Waals surface area contributed by atoms with E-state index in [4.69, 9.17) is 14.2 Å². The first-order valence-corrected chi connectivity index (χ1v) is 32.0. The minimum Gasteiger partial charge on any atom is -0.462 e. The number of ether oxygens (including phenoxy) is 3. The lowest BCUT2D eigenvalue weighted by atomic mass is 10.0. The highest BCUT2D eigenvalue weighted by atomic mass is 16.6. The van der Waals surface area contributed by atoms with Gasteiger partial charge in [0.25, 0.3) is 0 Å². The van der Waals surface area contributed by atoms with Crippen LogP contribution in [0.25, 0.3) is 0 Å². The van der Waals surface area contributed by atoms with Crippen molar-refractivity contribution in [3.63, 3.8) is 0 Å². The second-order valence-electron chi connectivity index (χ2n) is 21.0. The molecule has 77 heavy (non-hydrogen) atoms. The number of esters is 3. The Labute approximate surface area is 475 Å². The van der Waals surface area contributed by atoms with Gasteiger partial charge in [-0.2, -0.15) is 0 Å². The fourth-order valence-corrected chi connectivity index (χ4v) is 8.71. The Morgan fingerprint density at radius 2 is 0.506 bits per heavy atom. The van der Waals surface area contributed by atoms with E-state index >= 15 is 0 Å². The van der Waals surface area contributed by atoms with Crippen LogP contribution in [0.5, 0.6) is 0 Å². The van der Waals surface area contributed by atoms with E-state index in [0.717, 1.165) is 135 Å². The number of unbranched alkanes of at least 4 members (excludes halogenated alkanes) is 26. The van der Waals surface area contributed by atoms with Crippen LogP contribution < -0.4 is 0 Å². The van der Waals surface area contributed by atoms with Crippen molar-refractivity contribution in [2.75, 3.05) is 13.2 Å². The zero-order valence-corrected chi connectivity index (χ0v) is 50.2. The molecular formula is C71H118O6. The van der Waals surface area contributed by atoms with Gasteiger partial charge in [0, 0.05) is 19.3 Å². The molecule has 6 heteroatoms. The molecule has 0 aromatic heterocycles. The Hall–Kier alpha value is -4.19. The molecule has 0 aromatic rings. The SMILES string of the molecule is CC/C=C\C/C=C\C/C=C\C/C=C\C/C=C\C/C=C\C/C=C\C/C=C\C/C=C\C/C=C\CCCCCCC(=O)OCC(COC(=O)CCCCCCCCCCCC)OC(=O)CCCCCCCCCCCCCCCC. The first-order chi connectivity index (χ1) is 38.0. The molecule has 0 aromatic carbocycles. The number of hydrogen-bond acceptors (Lipinski definition) is 6. The largest absolute Gasteiger partial charge is 0.462 e. The number of carbonyl (C=O) groups is 3. The van der Waals surface area contributed by atoms with Gasteiger partial charge in [-0.25, -0.2) is 0 Å². The zero-order chi connectivity index (χ0) is 55.7. The molecule has 0 radical (unpaired) electrons. The van der Waals surface area contributed by atoms with Gasteiger partial charge in [-0.1, -0.05) is 296 Å². The molecule has 0 saturated heterocycles. The van der Waals surface area contributed by atoms with Crippen LogP contribution in [0.3, 0.4) is 0 Å². The maximum atomic E-state index is 12.8. The molecule has 0 bridgehead atoms. The number of hydrogen-bond donors (Lipinski definition) is 0. The average molecular weight is 1070 g/mol. The molecule has 0 N–H and O–H groups in total. The lowest BCUT2D eigenvalue weighted by molar-refractivity contribution is -0.167. The number of rotatable bonds is 57. The van der Waals surface area contributed by atoms with Crippen LogP contribution in [0.2, 0.25) is 0 Å². The Balaban J connectivity index is 4.24. The van der Waals surface area contributed by atoms with Crippen molar-refractivity contribution in [2.24, 2.45) is 0 Å². The number of allylic oxidation sites excluding steroid dienone is 20. The predicted octanol–water partition coefficient (Wildman–Crippen LogP) is 22.0. The molecule has 0 rings (SSSR count). The Bertz CT molecular complexity index is 1600. The fraction of sp³-hybridized carbons (Fsp3) is 0.676. The molecule has 0 amide bonds. The molecule has 1 unspecified atom stereocenters. The summed E-state index contributed by atoms with van der Waals surface area (Å²) in [5.41, 5.74) is 0. The van der Waals surface area contributed by atoms with Crippen molar-refractivity contribution in [1.82, 2.24) is 0 Å². The Morgan fingerprint density at radius 3 is 0.792 bits per heavy atom. The summed E-state index contributed by atoms with van der Waals surface area (Å²) in [6.45, 7) is 6.50. The van der Waals surface area contributed by atoms with Crippen LogP contribution >= 0.6 is 0 Å². The van der Waals surface area contributed by atoms with Gasteiger partial charge in [0.05, 0.1) is 0 Å². The summed E-state index contributed by atoms with van der Waals surface area (Å²) in [6.07, 6.45) is 89.3. The van der Waals surface area contributed by atoms with Crippen molar-refractivity contribution >= 4 is 17.9 Å². The van der Waals surface area contributed by atoms with Gasteiger partial charge < -0.3 is 14.2 Å². The van der Waals surface area contributed by atoms with E-state index < -0.39 is 6.10 Å². The number of carbonyl (C=O) groups excluding carboxylic acids is 3. The summed E-state index contributed by atoms with van der Waals surface area (Å²) < 4.78 is 16.8. The van der Waals surface area contributed by atoms with Gasteiger partial charge in [0.2, 0.25) is 0 Å². The molecule has 0 spiro atoms. The van der Waals surface area contributed by atoms with Gasteiger partial charge in [-0.05, 0) is 96.3 Å². The van der Waals surface area contributed by atoms with E-state index in [2.05, 4.69) is 142 Å².